The Hall–Kier alpha value is -3.13. The highest BCUT2D eigenvalue weighted by Crippen LogP contribution is 2.14. The van der Waals surface area contributed by atoms with Crippen molar-refractivity contribution in [2.75, 3.05) is 0 Å². The van der Waals surface area contributed by atoms with Crippen LogP contribution in [0.4, 0.5) is 0 Å². The molecule has 2 N–H and O–H groups in total. The van der Waals surface area contributed by atoms with Crippen LogP contribution in [0.25, 0.3) is 0 Å². The number of carbonyl (C=O) groups excluding carboxylic acids is 1. The number of nitrogens with zero attached hydrogens (tertiary/aromatic N) is 2. The highest BCUT2D eigenvalue weighted by atomic mass is 16.3. The molecule has 0 aliphatic heterocycles. The third-order valence-electron chi connectivity index (χ3n) is 2.57. The second kappa shape index (κ2) is 6.16. The number of hydrogen-bond acceptors (Lipinski definition) is 4. The first-order chi connectivity index (χ1) is 9.70. The van der Waals surface area contributed by atoms with Crippen LogP contribution in [0.5, 0.6) is 5.75 Å². The normalized spacial score (nSPS) is 10.2. The quantitative estimate of drug-likeness (QED) is 0.657. The van der Waals surface area contributed by atoms with Gasteiger partial charge in [0.1, 0.15) is 5.75 Å². The second-order valence-corrected chi connectivity index (χ2v) is 3.95. The number of amides is 1. The summed E-state index contributed by atoms with van der Waals surface area (Å²) >= 11 is 0. The van der Waals surface area contributed by atoms with E-state index in [1.54, 1.807) is 36.4 Å². The molecule has 2 aromatic carbocycles. The van der Waals surface area contributed by atoms with Gasteiger partial charge in [-0.25, -0.2) is 5.43 Å². The Labute approximate surface area is 115 Å². The van der Waals surface area contributed by atoms with E-state index in [2.05, 4.69) is 10.5 Å². The van der Waals surface area contributed by atoms with Crippen molar-refractivity contribution in [3.8, 4) is 11.8 Å². The number of rotatable bonds is 3. The van der Waals surface area contributed by atoms with Gasteiger partial charge in [0, 0.05) is 0 Å². The first-order valence-corrected chi connectivity index (χ1v) is 5.82. The molecule has 0 bridgehead atoms. The molecule has 98 valence electrons. The summed E-state index contributed by atoms with van der Waals surface area (Å²) in [5.41, 5.74) is 3.79. The molecular formula is C15H11N3O2. The number of benzene rings is 2. The summed E-state index contributed by atoms with van der Waals surface area (Å²) in [6, 6.07) is 15.0. The molecule has 5 nitrogen and oxygen atoms in total. The minimum atomic E-state index is -0.493. The summed E-state index contributed by atoms with van der Waals surface area (Å²) in [4.78, 5) is 11.7. The van der Waals surface area contributed by atoms with Gasteiger partial charge in [0.05, 0.1) is 23.4 Å². The van der Waals surface area contributed by atoms with E-state index in [0.717, 1.165) is 5.56 Å². The molecule has 0 radical (unpaired) electrons. The number of hydrogen-bond donors (Lipinski definition) is 2. The van der Waals surface area contributed by atoms with Crippen LogP contribution in [0.2, 0.25) is 0 Å². The molecule has 0 aromatic heterocycles. The van der Waals surface area contributed by atoms with E-state index in [1.807, 2.05) is 6.07 Å². The van der Waals surface area contributed by atoms with E-state index in [9.17, 15) is 9.90 Å². The molecule has 5 heteroatoms. The molecule has 0 saturated heterocycles. The van der Waals surface area contributed by atoms with Crippen molar-refractivity contribution in [1.82, 2.24) is 5.43 Å². The first kappa shape index (κ1) is 13.3. The number of phenolic OH excluding ortho intramolecular Hbond substituents is 1. The highest BCUT2D eigenvalue weighted by Gasteiger charge is 2.08. The van der Waals surface area contributed by atoms with Gasteiger partial charge in [0.25, 0.3) is 5.91 Å². The standard InChI is InChI=1S/C15H11N3O2/c16-9-11-5-7-12(8-6-11)10-17-18-15(20)13-3-1-2-4-14(13)19/h1-8,10,19H,(H,18,20)/b17-10+. The Morgan fingerprint density at radius 3 is 2.55 bits per heavy atom. The maximum Gasteiger partial charge on any atom is 0.275 e. The SMILES string of the molecule is N#Cc1ccc(/C=N/NC(=O)c2ccccc2O)cc1. The monoisotopic (exact) mass is 265 g/mol. The summed E-state index contributed by atoms with van der Waals surface area (Å²) < 4.78 is 0. The smallest absolute Gasteiger partial charge is 0.275 e. The molecule has 0 saturated carbocycles. The Bertz CT molecular complexity index is 685. The largest absolute Gasteiger partial charge is 0.507 e. The van der Waals surface area contributed by atoms with Crippen LogP contribution in [0.3, 0.4) is 0 Å². The average Bonchev–Trinajstić information content (AvgIpc) is 2.48. The molecule has 1 amide bonds. The van der Waals surface area contributed by atoms with Gasteiger partial charge in [-0.1, -0.05) is 24.3 Å². The molecule has 0 unspecified atom stereocenters. The molecule has 0 atom stereocenters. The molecular weight excluding hydrogens is 254 g/mol. The summed E-state index contributed by atoms with van der Waals surface area (Å²) in [6.45, 7) is 0. The summed E-state index contributed by atoms with van der Waals surface area (Å²) in [6.07, 6.45) is 1.46. The number of nitriles is 1. The van der Waals surface area contributed by atoms with Gasteiger partial charge >= 0.3 is 0 Å². The second-order valence-electron chi connectivity index (χ2n) is 3.95. The lowest BCUT2D eigenvalue weighted by atomic mass is 10.2. The van der Waals surface area contributed by atoms with E-state index in [0.29, 0.717) is 5.56 Å². The molecule has 20 heavy (non-hydrogen) atoms. The Kier molecular flexibility index (Phi) is 4.10. The third kappa shape index (κ3) is 3.21. The fourth-order valence-electron chi connectivity index (χ4n) is 1.54. The van der Waals surface area contributed by atoms with Crippen LogP contribution >= 0.6 is 0 Å². The van der Waals surface area contributed by atoms with Crippen LogP contribution in [0, 0.1) is 11.3 Å². The number of aromatic hydroxyl groups is 1. The van der Waals surface area contributed by atoms with E-state index in [4.69, 9.17) is 5.26 Å². The van der Waals surface area contributed by atoms with Gasteiger partial charge < -0.3 is 5.11 Å². The maximum absolute atomic E-state index is 11.7. The van der Waals surface area contributed by atoms with Crippen molar-refractivity contribution in [3.05, 3.63) is 65.2 Å². The minimum Gasteiger partial charge on any atom is -0.507 e. The van der Waals surface area contributed by atoms with Crippen molar-refractivity contribution in [2.45, 2.75) is 0 Å². The Balaban J connectivity index is 2.01. The fraction of sp³-hybridized carbons (Fsp3) is 0. The molecule has 0 aliphatic rings. The predicted molar refractivity (Wildman–Crippen MR) is 74.3 cm³/mol. The van der Waals surface area contributed by atoms with Crippen LogP contribution in [0.1, 0.15) is 21.5 Å². The Morgan fingerprint density at radius 1 is 1.20 bits per heavy atom. The van der Waals surface area contributed by atoms with Crippen molar-refractivity contribution >= 4 is 12.1 Å². The fourth-order valence-corrected chi connectivity index (χ4v) is 1.54. The van der Waals surface area contributed by atoms with Crippen molar-refractivity contribution in [2.24, 2.45) is 5.10 Å². The van der Waals surface area contributed by atoms with Gasteiger partial charge in [0.15, 0.2) is 0 Å². The zero-order valence-corrected chi connectivity index (χ0v) is 10.4. The third-order valence-corrected chi connectivity index (χ3v) is 2.57. The average molecular weight is 265 g/mol. The number of phenols is 1. The van der Waals surface area contributed by atoms with Crippen molar-refractivity contribution in [3.63, 3.8) is 0 Å². The number of hydrazone groups is 1. The zero-order chi connectivity index (χ0) is 14.4. The van der Waals surface area contributed by atoms with E-state index in [-0.39, 0.29) is 11.3 Å². The lowest BCUT2D eigenvalue weighted by Gasteiger charge is -2.01. The summed E-state index contributed by atoms with van der Waals surface area (Å²) in [7, 11) is 0. The van der Waals surface area contributed by atoms with E-state index >= 15 is 0 Å². The molecule has 0 heterocycles. The molecule has 2 aromatic rings. The van der Waals surface area contributed by atoms with Crippen LogP contribution in [-0.4, -0.2) is 17.2 Å². The number of nitrogens with one attached hydrogen (secondary N) is 1. The topological polar surface area (TPSA) is 85.5 Å². The van der Waals surface area contributed by atoms with Crippen LogP contribution in [-0.2, 0) is 0 Å². The van der Waals surface area contributed by atoms with Gasteiger partial charge in [-0.3, -0.25) is 4.79 Å². The number of carbonyl (C=O) groups is 1. The van der Waals surface area contributed by atoms with Gasteiger partial charge in [0.2, 0.25) is 0 Å². The molecule has 0 aliphatic carbocycles. The zero-order valence-electron chi connectivity index (χ0n) is 10.4. The summed E-state index contributed by atoms with van der Waals surface area (Å²) in [5.74, 6) is -0.591. The van der Waals surface area contributed by atoms with Crippen molar-refractivity contribution in [1.29, 1.82) is 5.26 Å². The maximum atomic E-state index is 11.7. The highest BCUT2D eigenvalue weighted by molar-refractivity contribution is 5.97. The lowest BCUT2D eigenvalue weighted by Crippen LogP contribution is -2.17. The van der Waals surface area contributed by atoms with Gasteiger partial charge in [-0.15, -0.1) is 0 Å². The van der Waals surface area contributed by atoms with Crippen LogP contribution < -0.4 is 5.43 Å². The molecule has 2 rings (SSSR count). The Morgan fingerprint density at radius 2 is 1.90 bits per heavy atom. The first-order valence-electron chi connectivity index (χ1n) is 5.82. The van der Waals surface area contributed by atoms with E-state index < -0.39 is 5.91 Å². The lowest BCUT2D eigenvalue weighted by molar-refractivity contribution is 0.0952. The predicted octanol–water partition coefficient (Wildman–Crippen LogP) is 2.03. The van der Waals surface area contributed by atoms with Gasteiger partial charge in [-0.05, 0) is 29.8 Å². The number of para-hydroxylation sites is 1. The van der Waals surface area contributed by atoms with E-state index in [1.165, 1.54) is 18.3 Å². The van der Waals surface area contributed by atoms with Crippen LogP contribution in [0.15, 0.2) is 53.6 Å². The molecule has 0 spiro atoms. The summed E-state index contributed by atoms with van der Waals surface area (Å²) in [5, 5.41) is 22.0. The molecule has 0 fully saturated rings. The van der Waals surface area contributed by atoms with Gasteiger partial charge in [-0.2, -0.15) is 10.4 Å². The van der Waals surface area contributed by atoms with Crippen molar-refractivity contribution < 1.29 is 9.90 Å². The minimum absolute atomic E-state index is 0.0985.